The van der Waals surface area contributed by atoms with E-state index >= 15 is 0 Å². The second-order valence-electron chi connectivity index (χ2n) is 8.07. The standard InChI is InChI=1S/C21H28N2O6/c1-20(2,3)29-19(26)23-15(13-28-21(23,4)5)12-16(18(25)27-6)22-17(24)14-10-8-7-9-11-14/h7-12,15H,13H2,1-6H3,(H,22,24)/b16-12-/t15-/m1/s1. The number of methoxy groups -OCH3 is 1. The molecule has 1 fully saturated rings. The highest BCUT2D eigenvalue weighted by Gasteiger charge is 2.45. The molecule has 0 saturated carbocycles. The van der Waals surface area contributed by atoms with Crippen LogP contribution in [0, 0.1) is 0 Å². The predicted molar refractivity (Wildman–Crippen MR) is 106 cm³/mol. The van der Waals surface area contributed by atoms with Crippen molar-refractivity contribution in [2.45, 2.75) is 52.0 Å². The lowest BCUT2D eigenvalue weighted by Gasteiger charge is -2.34. The van der Waals surface area contributed by atoms with E-state index in [-0.39, 0.29) is 12.3 Å². The molecule has 1 saturated heterocycles. The Hall–Kier alpha value is -2.87. The normalized spacial score (nSPS) is 18.9. The first-order chi connectivity index (χ1) is 13.4. The summed E-state index contributed by atoms with van der Waals surface area (Å²) in [5, 5.41) is 2.56. The topological polar surface area (TPSA) is 94.2 Å². The molecule has 2 amide bonds. The van der Waals surface area contributed by atoms with Crippen LogP contribution in [-0.2, 0) is 19.0 Å². The Kier molecular flexibility index (Phi) is 6.69. The smallest absolute Gasteiger partial charge is 0.413 e. The zero-order valence-corrected chi connectivity index (χ0v) is 17.6. The summed E-state index contributed by atoms with van der Waals surface area (Å²) < 4.78 is 16.0. The van der Waals surface area contributed by atoms with Crippen LogP contribution in [0.15, 0.2) is 42.1 Å². The molecule has 0 unspecified atom stereocenters. The second-order valence-corrected chi connectivity index (χ2v) is 8.07. The van der Waals surface area contributed by atoms with Crippen molar-refractivity contribution < 1.29 is 28.6 Å². The molecule has 1 atom stereocenters. The Morgan fingerprint density at radius 2 is 1.83 bits per heavy atom. The van der Waals surface area contributed by atoms with Crippen molar-refractivity contribution in [1.29, 1.82) is 0 Å². The van der Waals surface area contributed by atoms with Gasteiger partial charge in [0, 0.05) is 5.56 Å². The third-order valence-electron chi connectivity index (χ3n) is 4.16. The number of carbonyl (C=O) groups excluding carboxylic acids is 3. The van der Waals surface area contributed by atoms with Gasteiger partial charge in [0.15, 0.2) is 0 Å². The van der Waals surface area contributed by atoms with Crippen molar-refractivity contribution in [3.05, 3.63) is 47.7 Å². The van der Waals surface area contributed by atoms with E-state index in [0.717, 1.165) is 0 Å². The number of benzene rings is 1. The number of amides is 2. The average molecular weight is 404 g/mol. The molecule has 1 aliphatic rings. The molecular formula is C21H28N2O6. The number of nitrogens with zero attached hydrogens (tertiary/aromatic N) is 1. The second kappa shape index (κ2) is 8.65. The lowest BCUT2D eigenvalue weighted by molar-refractivity contribution is -0.136. The summed E-state index contributed by atoms with van der Waals surface area (Å²) in [6, 6.07) is 7.83. The Morgan fingerprint density at radius 1 is 1.21 bits per heavy atom. The van der Waals surface area contributed by atoms with Crippen LogP contribution < -0.4 is 5.32 Å². The van der Waals surface area contributed by atoms with Gasteiger partial charge < -0.3 is 19.5 Å². The largest absolute Gasteiger partial charge is 0.464 e. The number of carbonyl (C=O) groups is 3. The third kappa shape index (κ3) is 5.80. The van der Waals surface area contributed by atoms with Gasteiger partial charge in [0.25, 0.3) is 5.91 Å². The quantitative estimate of drug-likeness (QED) is 0.613. The molecule has 29 heavy (non-hydrogen) atoms. The van der Waals surface area contributed by atoms with E-state index in [0.29, 0.717) is 5.56 Å². The summed E-state index contributed by atoms with van der Waals surface area (Å²) in [6.45, 7) is 8.88. The molecule has 0 aliphatic carbocycles. The monoisotopic (exact) mass is 404 g/mol. The molecule has 1 aromatic rings. The van der Waals surface area contributed by atoms with Crippen LogP contribution in [0.2, 0.25) is 0 Å². The van der Waals surface area contributed by atoms with Crippen molar-refractivity contribution in [1.82, 2.24) is 10.2 Å². The summed E-state index contributed by atoms with van der Waals surface area (Å²) >= 11 is 0. The number of ether oxygens (including phenoxy) is 3. The van der Waals surface area contributed by atoms with Crippen molar-refractivity contribution in [2.24, 2.45) is 0 Å². The molecule has 2 rings (SSSR count). The zero-order chi connectivity index (χ0) is 21.8. The molecule has 0 aromatic heterocycles. The molecule has 1 aliphatic heterocycles. The Balaban J connectivity index is 2.31. The first-order valence-electron chi connectivity index (χ1n) is 9.27. The third-order valence-corrected chi connectivity index (χ3v) is 4.16. The van der Waals surface area contributed by atoms with E-state index in [9.17, 15) is 14.4 Å². The van der Waals surface area contributed by atoms with Crippen LogP contribution in [0.25, 0.3) is 0 Å². The number of rotatable bonds is 4. The van der Waals surface area contributed by atoms with Crippen molar-refractivity contribution in [3.8, 4) is 0 Å². The molecule has 1 heterocycles. The van der Waals surface area contributed by atoms with E-state index in [4.69, 9.17) is 14.2 Å². The van der Waals surface area contributed by atoms with Gasteiger partial charge in [0.1, 0.15) is 17.0 Å². The minimum absolute atomic E-state index is 0.0822. The maximum atomic E-state index is 12.7. The van der Waals surface area contributed by atoms with E-state index in [1.165, 1.54) is 18.1 Å². The molecule has 0 spiro atoms. The van der Waals surface area contributed by atoms with Crippen LogP contribution in [0.4, 0.5) is 4.79 Å². The molecule has 8 nitrogen and oxygen atoms in total. The Labute approximate surface area is 170 Å². The highest BCUT2D eigenvalue weighted by atomic mass is 16.6. The van der Waals surface area contributed by atoms with Crippen LogP contribution in [0.5, 0.6) is 0 Å². The lowest BCUT2D eigenvalue weighted by atomic mass is 10.1. The van der Waals surface area contributed by atoms with E-state index in [1.54, 1.807) is 65.0 Å². The molecule has 1 N–H and O–H groups in total. The van der Waals surface area contributed by atoms with Crippen LogP contribution in [-0.4, -0.2) is 54.0 Å². The van der Waals surface area contributed by atoms with Gasteiger partial charge in [0.05, 0.1) is 19.8 Å². The van der Waals surface area contributed by atoms with E-state index in [1.807, 2.05) is 0 Å². The molecule has 158 valence electrons. The van der Waals surface area contributed by atoms with Gasteiger partial charge in [-0.3, -0.25) is 9.69 Å². The number of hydrogen-bond acceptors (Lipinski definition) is 6. The number of nitrogens with one attached hydrogen (secondary N) is 1. The van der Waals surface area contributed by atoms with E-state index < -0.39 is 35.3 Å². The average Bonchev–Trinajstić information content (AvgIpc) is 2.93. The Morgan fingerprint density at radius 3 is 2.38 bits per heavy atom. The van der Waals surface area contributed by atoms with Crippen LogP contribution >= 0.6 is 0 Å². The lowest BCUT2D eigenvalue weighted by Crippen LogP contribution is -2.49. The molecule has 0 radical (unpaired) electrons. The van der Waals surface area contributed by atoms with Crippen LogP contribution in [0.3, 0.4) is 0 Å². The fraction of sp³-hybridized carbons (Fsp3) is 0.476. The first-order valence-corrected chi connectivity index (χ1v) is 9.27. The van der Waals surface area contributed by atoms with Gasteiger partial charge >= 0.3 is 12.1 Å². The van der Waals surface area contributed by atoms with Gasteiger partial charge in [-0.25, -0.2) is 9.59 Å². The maximum absolute atomic E-state index is 12.7. The maximum Gasteiger partial charge on any atom is 0.413 e. The fourth-order valence-corrected chi connectivity index (χ4v) is 2.87. The summed E-state index contributed by atoms with van der Waals surface area (Å²) in [4.78, 5) is 38.9. The van der Waals surface area contributed by atoms with Crippen molar-refractivity contribution in [3.63, 3.8) is 0 Å². The zero-order valence-electron chi connectivity index (χ0n) is 17.6. The molecule has 1 aromatic carbocycles. The highest BCUT2D eigenvalue weighted by molar-refractivity contribution is 6.01. The van der Waals surface area contributed by atoms with Gasteiger partial charge in [0.2, 0.25) is 0 Å². The fourth-order valence-electron chi connectivity index (χ4n) is 2.87. The van der Waals surface area contributed by atoms with E-state index in [2.05, 4.69) is 5.32 Å². The molecule has 0 bridgehead atoms. The summed E-state index contributed by atoms with van der Waals surface area (Å²) in [5.41, 5.74) is -1.35. The minimum Gasteiger partial charge on any atom is -0.464 e. The van der Waals surface area contributed by atoms with Gasteiger partial charge in [-0.2, -0.15) is 0 Å². The first kappa shape index (κ1) is 22.4. The van der Waals surface area contributed by atoms with Crippen molar-refractivity contribution in [2.75, 3.05) is 13.7 Å². The highest BCUT2D eigenvalue weighted by Crippen LogP contribution is 2.30. The van der Waals surface area contributed by atoms with Gasteiger partial charge in [-0.1, -0.05) is 18.2 Å². The summed E-state index contributed by atoms with van der Waals surface area (Å²) in [5.74, 6) is -1.20. The molecule has 8 heteroatoms. The Bertz CT molecular complexity index is 795. The summed E-state index contributed by atoms with van der Waals surface area (Å²) in [7, 11) is 1.21. The minimum atomic E-state index is -0.950. The number of esters is 1. The SMILES string of the molecule is COC(=O)/C(=C/[C@@H]1COC(C)(C)N1C(=O)OC(C)(C)C)NC(=O)c1ccccc1. The van der Waals surface area contributed by atoms with Gasteiger partial charge in [-0.15, -0.1) is 0 Å². The van der Waals surface area contributed by atoms with Crippen molar-refractivity contribution >= 4 is 18.0 Å². The van der Waals surface area contributed by atoms with Gasteiger partial charge in [-0.05, 0) is 52.8 Å². The predicted octanol–water partition coefficient (Wildman–Crippen LogP) is 2.85. The molecular weight excluding hydrogens is 376 g/mol. The number of hydrogen-bond donors (Lipinski definition) is 1. The van der Waals surface area contributed by atoms with Crippen LogP contribution in [0.1, 0.15) is 45.0 Å². The summed E-state index contributed by atoms with van der Waals surface area (Å²) in [6.07, 6.45) is 0.866.